The van der Waals surface area contributed by atoms with Crippen molar-refractivity contribution in [2.75, 3.05) is 26.2 Å². The van der Waals surface area contributed by atoms with E-state index in [2.05, 4.69) is 54.1 Å². The van der Waals surface area contributed by atoms with E-state index >= 15 is 0 Å². The zero-order valence-corrected chi connectivity index (χ0v) is 13.0. The van der Waals surface area contributed by atoms with Gasteiger partial charge in [-0.05, 0) is 25.1 Å². The molecule has 1 aliphatic heterocycles. The third-order valence-electron chi connectivity index (χ3n) is 3.66. The molecule has 0 unspecified atom stereocenters. The van der Waals surface area contributed by atoms with Crippen LogP contribution in [0.2, 0.25) is 19.6 Å². The van der Waals surface area contributed by atoms with Crippen LogP contribution in [0.3, 0.4) is 0 Å². The Morgan fingerprint density at radius 1 is 1.06 bits per heavy atom. The van der Waals surface area contributed by atoms with Crippen LogP contribution in [0.15, 0.2) is 24.3 Å². The molecule has 0 aliphatic carbocycles. The summed E-state index contributed by atoms with van der Waals surface area (Å²) in [6.07, 6.45) is 1.27. The third kappa shape index (κ3) is 3.94. The molecular weight excluding hydrogens is 236 g/mol. The van der Waals surface area contributed by atoms with E-state index in [1.54, 1.807) is 5.19 Å². The van der Waals surface area contributed by atoms with Crippen molar-refractivity contribution in [3.05, 3.63) is 29.8 Å². The molecule has 18 heavy (non-hydrogen) atoms. The maximum atomic E-state index is 3.46. The standard InChI is InChI=1S/C15H26N2Si/c1-18(2,3)15-7-5-14(6-8-15)13-17-11-4-9-16-10-12-17/h5-8,16H,4,9-13H2,1-3H3. The van der Waals surface area contributed by atoms with Gasteiger partial charge in [0.15, 0.2) is 0 Å². The largest absolute Gasteiger partial charge is 0.315 e. The molecule has 2 rings (SSSR count). The van der Waals surface area contributed by atoms with Crippen LogP contribution in [-0.4, -0.2) is 39.2 Å². The lowest BCUT2D eigenvalue weighted by atomic mass is 10.2. The molecule has 0 amide bonds. The van der Waals surface area contributed by atoms with Crippen LogP contribution in [0.4, 0.5) is 0 Å². The number of nitrogens with one attached hydrogen (secondary N) is 1. The summed E-state index contributed by atoms with van der Waals surface area (Å²) in [5.74, 6) is 0. The Bertz CT molecular complexity index is 359. The van der Waals surface area contributed by atoms with Crippen molar-refractivity contribution < 1.29 is 0 Å². The Labute approximate surface area is 112 Å². The van der Waals surface area contributed by atoms with Crippen LogP contribution >= 0.6 is 0 Å². The van der Waals surface area contributed by atoms with Gasteiger partial charge in [0.25, 0.3) is 0 Å². The first kappa shape index (κ1) is 13.8. The van der Waals surface area contributed by atoms with Gasteiger partial charge in [0.05, 0.1) is 8.07 Å². The summed E-state index contributed by atoms with van der Waals surface area (Å²) in [5.41, 5.74) is 1.46. The quantitative estimate of drug-likeness (QED) is 0.839. The van der Waals surface area contributed by atoms with Crippen molar-refractivity contribution in [2.45, 2.75) is 32.6 Å². The van der Waals surface area contributed by atoms with Crippen molar-refractivity contribution in [3.63, 3.8) is 0 Å². The summed E-state index contributed by atoms with van der Waals surface area (Å²) >= 11 is 0. The summed E-state index contributed by atoms with van der Waals surface area (Å²) in [7, 11) is -1.14. The Hall–Kier alpha value is -0.643. The summed E-state index contributed by atoms with van der Waals surface area (Å²) in [4.78, 5) is 2.56. The van der Waals surface area contributed by atoms with Gasteiger partial charge in [0, 0.05) is 19.6 Å². The number of rotatable bonds is 3. The summed E-state index contributed by atoms with van der Waals surface area (Å²) in [6, 6.07) is 9.34. The van der Waals surface area contributed by atoms with Gasteiger partial charge in [0.1, 0.15) is 0 Å². The molecular formula is C15H26N2Si. The van der Waals surface area contributed by atoms with Crippen molar-refractivity contribution in [1.82, 2.24) is 10.2 Å². The molecule has 1 heterocycles. The number of hydrogen-bond donors (Lipinski definition) is 1. The Kier molecular flexibility index (Phi) is 4.59. The van der Waals surface area contributed by atoms with Crippen LogP contribution in [0.5, 0.6) is 0 Å². The van der Waals surface area contributed by atoms with E-state index in [0.717, 1.165) is 13.1 Å². The summed E-state index contributed by atoms with van der Waals surface area (Å²) in [6.45, 7) is 13.0. The van der Waals surface area contributed by atoms with Crippen LogP contribution in [0.25, 0.3) is 0 Å². The molecule has 0 bridgehead atoms. The van der Waals surface area contributed by atoms with Gasteiger partial charge in [-0.2, -0.15) is 0 Å². The molecule has 0 spiro atoms. The molecule has 1 fully saturated rings. The second-order valence-corrected chi connectivity index (χ2v) is 11.4. The zero-order chi connectivity index (χ0) is 13.0. The molecule has 1 saturated heterocycles. The highest BCUT2D eigenvalue weighted by atomic mass is 28.3. The molecule has 1 aromatic carbocycles. The number of nitrogens with zero attached hydrogens (tertiary/aromatic N) is 1. The van der Waals surface area contributed by atoms with E-state index in [0.29, 0.717) is 0 Å². The van der Waals surface area contributed by atoms with Crippen LogP contribution in [0.1, 0.15) is 12.0 Å². The van der Waals surface area contributed by atoms with E-state index in [1.807, 2.05) is 0 Å². The molecule has 1 aromatic rings. The lowest BCUT2D eigenvalue weighted by Gasteiger charge is -2.21. The number of hydrogen-bond acceptors (Lipinski definition) is 2. The van der Waals surface area contributed by atoms with Gasteiger partial charge >= 0.3 is 0 Å². The SMILES string of the molecule is C[Si](C)(C)c1ccc(CN2CCCNCC2)cc1. The average molecular weight is 262 g/mol. The van der Waals surface area contributed by atoms with Crippen LogP contribution < -0.4 is 10.5 Å². The molecule has 0 atom stereocenters. The summed E-state index contributed by atoms with van der Waals surface area (Å²) < 4.78 is 0. The second kappa shape index (κ2) is 6.00. The van der Waals surface area contributed by atoms with E-state index in [9.17, 15) is 0 Å². The molecule has 100 valence electrons. The van der Waals surface area contributed by atoms with Crippen LogP contribution in [0, 0.1) is 0 Å². The monoisotopic (exact) mass is 262 g/mol. The van der Waals surface area contributed by atoms with E-state index in [1.165, 1.54) is 31.6 Å². The van der Waals surface area contributed by atoms with Gasteiger partial charge in [-0.1, -0.05) is 49.1 Å². The molecule has 0 aromatic heterocycles. The summed E-state index contributed by atoms with van der Waals surface area (Å²) in [5, 5.41) is 5.01. The minimum atomic E-state index is -1.14. The van der Waals surface area contributed by atoms with Crippen LogP contribution in [-0.2, 0) is 6.54 Å². The minimum Gasteiger partial charge on any atom is -0.315 e. The predicted molar refractivity (Wildman–Crippen MR) is 82.2 cm³/mol. The average Bonchev–Trinajstić information content (AvgIpc) is 2.57. The molecule has 0 saturated carbocycles. The van der Waals surface area contributed by atoms with Gasteiger partial charge in [-0.25, -0.2) is 0 Å². The van der Waals surface area contributed by atoms with E-state index < -0.39 is 8.07 Å². The van der Waals surface area contributed by atoms with E-state index in [-0.39, 0.29) is 0 Å². The molecule has 3 heteroatoms. The fourth-order valence-corrected chi connectivity index (χ4v) is 3.59. The molecule has 1 N–H and O–H groups in total. The van der Waals surface area contributed by atoms with Gasteiger partial charge < -0.3 is 5.32 Å². The van der Waals surface area contributed by atoms with Gasteiger partial charge in [-0.3, -0.25) is 4.90 Å². The highest BCUT2D eigenvalue weighted by Crippen LogP contribution is 2.08. The first-order chi connectivity index (χ1) is 8.55. The predicted octanol–water partition coefficient (Wildman–Crippen LogP) is 2.03. The van der Waals surface area contributed by atoms with Gasteiger partial charge in [0.2, 0.25) is 0 Å². The zero-order valence-electron chi connectivity index (χ0n) is 12.0. The fraction of sp³-hybridized carbons (Fsp3) is 0.600. The lowest BCUT2D eigenvalue weighted by molar-refractivity contribution is 0.284. The van der Waals surface area contributed by atoms with Crippen molar-refractivity contribution in [3.8, 4) is 0 Å². The highest BCUT2D eigenvalue weighted by Gasteiger charge is 2.16. The Morgan fingerprint density at radius 2 is 1.78 bits per heavy atom. The highest BCUT2D eigenvalue weighted by molar-refractivity contribution is 6.88. The maximum Gasteiger partial charge on any atom is 0.0775 e. The van der Waals surface area contributed by atoms with Crippen molar-refractivity contribution >= 4 is 13.3 Å². The van der Waals surface area contributed by atoms with Crippen molar-refractivity contribution in [1.29, 1.82) is 0 Å². The first-order valence-corrected chi connectivity index (χ1v) is 10.6. The third-order valence-corrected chi connectivity index (χ3v) is 5.72. The first-order valence-electron chi connectivity index (χ1n) is 7.08. The van der Waals surface area contributed by atoms with E-state index in [4.69, 9.17) is 0 Å². The molecule has 0 radical (unpaired) electrons. The lowest BCUT2D eigenvalue weighted by Crippen LogP contribution is -2.37. The Morgan fingerprint density at radius 3 is 2.44 bits per heavy atom. The molecule has 1 aliphatic rings. The normalized spacial score (nSPS) is 18.6. The second-order valence-electron chi connectivity index (χ2n) is 6.33. The minimum absolute atomic E-state index is 1.10. The number of benzene rings is 1. The fourth-order valence-electron chi connectivity index (χ4n) is 2.43. The Balaban J connectivity index is 1.97. The molecule has 2 nitrogen and oxygen atoms in total. The van der Waals surface area contributed by atoms with Gasteiger partial charge in [-0.15, -0.1) is 0 Å². The topological polar surface area (TPSA) is 15.3 Å². The maximum absolute atomic E-state index is 3.46. The smallest absolute Gasteiger partial charge is 0.0775 e. The van der Waals surface area contributed by atoms with Crippen molar-refractivity contribution in [2.24, 2.45) is 0 Å².